The summed E-state index contributed by atoms with van der Waals surface area (Å²) in [5.41, 5.74) is 7.77. The van der Waals surface area contributed by atoms with Crippen LogP contribution in [0.15, 0.2) is 42.5 Å². The van der Waals surface area contributed by atoms with Crippen molar-refractivity contribution < 1.29 is 0 Å². The highest BCUT2D eigenvalue weighted by Crippen LogP contribution is 2.25. The number of nitrogens with zero attached hydrogens (tertiary/aromatic N) is 1. The number of piperidine rings is 1. The van der Waals surface area contributed by atoms with Gasteiger partial charge in [-0.05, 0) is 41.6 Å². The smallest absolute Gasteiger partial charge is 0.0430 e. The molecule has 1 aliphatic rings. The third-order valence-corrected chi connectivity index (χ3v) is 4.42. The van der Waals surface area contributed by atoms with Crippen LogP contribution < -0.4 is 5.73 Å². The molecule has 0 saturated carbocycles. The summed E-state index contributed by atoms with van der Waals surface area (Å²) in [5.74, 6) is 0.809. The van der Waals surface area contributed by atoms with Crippen LogP contribution in [0.5, 0.6) is 0 Å². The molecule has 2 nitrogen and oxygen atoms in total. The lowest BCUT2D eigenvalue weighted by molar-refractivity contribution is 0.175. The molecular weight excluding hydrogens is 244 g/mol. The summed E-state index contributed by atoms with van der Waals surface area (Å²) in [4.78, 5) is 2.53. The zero-order valence-electron chi connectivity index (χ0n) is 12.3. The van der Waals surface area contributed by atoms with Gasteiger partial charge >= 0.3 is 0 Å². The van der Waals surface area contributed by atoms with Gasteiger partial charge in [-0.3, -0.25) is 0 Å². The van der Waals surface area contributed by atoms with Crippen LogP contribution in [0, 0.1) is 5.92 Å². The molecule has 1 fully saturated rings. The molecule has 0 aliphatic carbocycles. The molecule has 0 amide bonds. The van der Waals surface area contributed by atoms with Gasteiger partial charge in [-0.15, -0.1) is 0 Å². The van der Waals surface area contributed by atoms with Gasteiger partial charge in [0.2, 0.25) is 0 Å². The minimum Gasteiger partial charge on any atom is -0.323 e. The maximum absolute atomic E-state index is 6.50. The van der Waals surface area contributed by atoms with Gasteiger partial charge in [0.25, 0.3) is 0 Å². The molecular formula is C18H24N2. The predicted octanol–water partition coefficient (Wildman–Crippen LogP) is 3.57. The average molecular weight is 268 g/mol. The van der Waals surface area contributed by atoms with Crippen LogP contribution in [-0.2, 0) is 0 Å². The first-order chi connectivity index (χ1) is 9.74. The van der Waals surface area contributed by atoms with E-state index in [0.717, 1.165) is 12.5 Å². The number of likely N-dealkylation sites (tertiary alicyclic amines) is 1. The van der Waals surface area contributed by atoms with Crippen LogP contribution >= 0.6 is 0 Å². The van der Waals surface area contributed by atoms with E-state index in [1.165, 1.54) is 42.3 Å². The molecule has 20 heavy (non-hydrogen) atoms. The SMILES string of the molecule is CC1CCCN(CC(N)c2cccc3ccccc23)C1. The van der Waals surface area contributed by atoms with Crippen molar-refractivity contribution in [1.29, 1.82) is 0 Å². The number of fused-ring (bicyclic) bond motifs is 1. The molecule has 0 spiro atoms. The number of nitrogens with two attached hydrogens (primary N) is 1. The van der Waals surface area contributed by atoms with E-state index in [-0.39, 0.29) is 6.04 Å². The van der Waals surface area contributed by atoms with Gasteiger partial charge in [-0.2, -0.15) is 0 Å². The molecule has 2 aromatic carbocycles. The Morgan fingerprint density at radius 3 is 2.85 bits per heavy atom. The number of rotatable bonds is 3. The Hall–Kier alpha value is -1.38. The molecule has 106 valence electrons. The lowest BCUT2D eigenvalue weighted by Crippen LogP contribution is -2.39. The van der Waals surface area contributed by atoms with Gasteiger partial charge in [-0.1, -0.05) is 49.4 Å². The van der Waals surface area contributed by atoms with Crippen molar-refractivity contribution in [3.63, 3.8) is 0 Å². The van der Waals surface area contributed by atoms with E-state index in [1.54, 1.807) is 0 Å². The van der Waals surface area contributed by atoms with Crippen LogP contribution in [0.3, 0.4) is 0 Å². The fourth-order valence-corrected chi connectivity index (χ4v) is 3.40. The Morgan fingerprint density at radius 2 is 2.00 bits per heavy atom. The van der Waals surface area contributed by atoms with Gasteiger partial charge in [0.05, 0.1) is 0 Å². The third-order valence-electron chi connectivity index (χ3n) is 4.42. The normalized spacial score (nSPS) is 22.0. The lowest BCUT2D eigenvalue weighted by atomic mass is 9.96. The average Bonchev–Trinajstić information content (AvgIpc) is 2.46. The van der Waals surface area contributed by atoms with Gasteiger partial charge in [0, 0.05) is 19.1 Å². The largest absolute Gasteiger partial charge is 0.323 e. The lowest BCUT2D eigenvalue weighted by Gasteiger charge is -2.33. The van der Waals surface area contributed by atoms with E-state index >= 15 is 0 Å². The maximum atomic E-state index is 6.50. The minimum absolute atomic E-state index is 0.103. The molecule has 1 heterocycles. The second-order valence-corrected chi connectivity index (χ2v) is 6.18. The fourth-order valence-electron chi connectivity index (χ4n) is 3.40. The van der Waals surface area contributed by atoms with E-state index in [4.69, 9.17) is 5.73 Å². The Labute approximate surface area is 121 Å². The van der Waals surface area contributed by atoms with Crippen LogP contribution in [0.4, 0.5) is 0 Å². The molecule has 2 N–H and O–H groups in total. The van der Waals surface area contributed by atoms with Crippen molar-refractivity contribution in [2.45, 2.75) is 25.8 Å². The molecule has 0 bridgehead atoms. The predicted molar refractivity (Wildman–Crippen MR) is 85.7 cm³/mol. The van der Waals surface area contributed by atoms with Crippen molar-refractivity contribution in [3.8, 4) is 0 Å². The van der Waals surface area contributed by atoms with E-state index in [1.807, 2.05) is 0 Å². The molecule has 0 radical (unpaired) electrons. The Bertz CT molecular complexity index is 573. The molecule has 1 aliphatic heterocycles. The fraction of sp³-hybridized carbons (Fsp3) is 0.444. The first kappa shape index (κ1) is 13.6. The number of hydrogen-bond donors (Lipinski definition) is 1. The van der Waals surface area contributed by atoms with E-state index in [9.17, 15) is 0 Å². The molecule has 2 aromatic rings. The molecule has 2 unspecified atom stereocenters. The van der Waals surface area contributed by atoms with Crippen LogP contribution in [-0.4, -0.2) is 24.5 Å². The van der Waals surface area contributed by atoms with Crippen molar-refractivity contribution in [1.82, 2.24) is 4.90 Å². The molecule has 1 saturated heterocycles. The summed E-state index contributed by atoms with van der Waals surface area (Å²) < 4.78 is 0. The molecule has 0 aromatic heterocycles. The second-order valence-electron chi connectivity index (χ2n) is 6.18. The summed E-state index contributed by atoms with van der Waals surface area (Å²) in [6, 6.07) is 15.1. The van der Waals surface area contributed by atoms with Crippen LogP contribution in [0.1, 0.15) is 31.4 Å². The highest BCUT2D eigenvalue weighted by atomic mass is 15.1. The number of benzene rings is 2. The topological polar surface area (TPSA) is 29.3 Å². The Kier molecular flexibility index (Phi) is 4.04. The standard InChI is InChI=1S/C18H24N2/c1-14-6-5-11-20(12-14)13-18(19)17-10-4-8-15-7-2-3-9-16(15)17/h2-4,7-10,14,18H,5-6,11-13,19H2,1H3. The third kappa shape index (κ3) is 2.87. The summed E-state index contributed by atoms with van der Waals surface area (Å²) >= 11 is 0. The summed E-state index contributed by atoms with van der Waals surface area (Å²) in [6.07, 6.45) is 2.67. The van der Waals surface area contributed by atoms with Crippen LogP contribution in [0.2, 0.25) is 0 Å². The summed E-state index contributed by atoms with van der Waals surface area (Å²) in [7, 11) is 0. The first-order valence-corrected chi connectivity index (χ1v) is 7.69. The van der Waals surface area contributed by atoms with Crippen molar-refractivity contribution in [2.75, 3.05) is 19.6 Å². The van der Waals surface area contributed by atoms with Gasteiger partial charge < -0.3 is 10.6 Å². The monoisotopic (exact) mass is 268 g/mol. The maximum Gasteiger partial charge on any atom is 0.0430 e. The van der Waals surface area contributed by atoms with Gasteiger partial charge in [0.15, 0.2) is 0 Å². The first-order valence-electron chi connectivity index (χ1n) is 7.69. The Morgan fingerprint density at radius 1 is 1.20 bits per heavy atom. The summed E-state index contributed by atoms with van der Waals surface area (Å²) in [6.45, 7) is 5.70. The second kappa shape index (κ2) is 5.94. The van der Waals surface area contributed by atoms with Gasteiger partial charge in [0.1, 0.15) is 0 Å². The van der Waals surface area contributed by atoms with Gasteiger partial charge in [-0.25, -0.2) is 0 Å². The highest BCUT2D eigenvalue weighted by molar-refractivity contribution is 5.86. The van der Waals surface area contributed by atoms with E-state index < -0.39 is 0 Å². The Balaban J connectivity index is 1.80. The number of hydrogen-bond acceptors (Lipinski definition) is 2. The minimum atomic E-state index is 0.103. The zero-order valence-corrected chi connectivity index (χ0v) is 12.3. The summed E-state index contributed by atoms with van der Waals surface area (Å²) in [5, 5.41) is 2.58. The van der Waals surface area contributed by atoms with E-state index in [0.29, 0.717) is 0 Å². The van der Waals surface area contributed by atoms with E-state index in [2.05, 4.69) is 54.3 Å². The quantitative estimate of drug-likeness (QED) is 0.922. The molecule has 2 atom stereocenters. The zero-order chi connectivity index (χ0) is 13.9. The van der Waals surface area contributed by atoms with Crippen molar-refractivity contribution in [3.05, 3.63) is 48.0 Å². The van der Waals surface area contributed by atoms with Crippen molar-refractivity contribution >= 4 is 10.8 Å². The molecule has 3 rings (SSSR count). The molecule has 2 heteroatoms. The van der Waals surface area contributed by atoms with Crippen molar-refractivity contribution in [2.24, 2.45) is 11.7 Å². The van der Waals surface area contributed by atoms with Crippen LogP contribution in [0.25, 0.3) is 10.8 Å². The highest BCUT2D eigenvalue weighted by Gasteiger charge is 2.19.